The van der Waals surface area contributed by atoms with Crippen LogP contribution in [0.15, 0.2) is 88.8 Å². The van der Waals surface area contributed by atoms with Gasteiger partial charge in [0, 0.05) is 21.7 Å². The molecule has 0 saturated heterocycles. The van der Waals surface area contributed by atoms with Crippen molar-refractivity contribution in [3.8, 4) is 23.0 Å². The van der Waals surface area contributed by atoms with Crippen LogP contribution in [0.5, 0.6) is 0 Å². The van der Waals surface area contributed by atoms with Crippen molar-refractivity contribution in [1.82, 2.24) is 9.78 Å². The van der Waals surface area contributed by atoms with E-state index in [1.165, 1.54) is 12.1 Å². The van der Waals surface area contributed by atoms with Crippen LogP contribution in [-0.4, -0.2) is 9.78 Å². The summed E-state index contributed by atoms with van der Waals surface area (Å²) in [6, 6.07) is 23.2. The van der Waals surface area contributed by atoms with Crippen LogP contribution in [0.3, 0.4) is 0 Å². The molecule has 0 aliphatic rings. The standard InChI is InChI=1S/C22H13ClFN3S/c23-17-5-11-20(12-6-17)28-21-14-27(19-9-7-18(24)8-10-19)26-22(21)16-3-1-15(13-25)2-4-16/h1-12,14H. The summed E-state index contributed by atoms with van der Waals surface area (Å²) in [5.74, 6) is -0.293. The summed E-state index contributed by atoms with van der Waals surface area (Å²) in [6.45, 7) is 0. The highest BCUT2D eigenvalue weighted by atomic mass is 35.5. The highest BCUT2D eigenvalue weighted by Crippen LogP contribution is 2.36. The Kier molecular flexibility index (Phi) is 5.16. The van der Waals surface area contributed by atoms with E-state index in [4.69, 9.17) is 22.0 Å². The van der Waals surface area contributed by atoms with E-state index < -0.39 is 0 Å². The molecule has 0 fully saturated rings. The molecule has 0 bridgehead atoms. The molecule has 6 heteroatoms. The highest BCUT2D eigenvalue weighted by Gasteiger charge is 2.14. The van der Waals surface area contributed by atoms with Crippen LogP contribution in [-0.2, 0) is 0 Å². The molecule has 1 heterocycles. The summed E-state index contributed by atoms with van der Waals surface area (Å²) < 4.78 is 15.0. The van der Waals surface area contributed by atoms with Crippen molar-refractivity contribution in [1.29, 1.82) is 5.26 Å². The van der Waals surface area contributed by atoms with Crippen molar-refractivity contribution in [3.05, 3.63) is 95.4 Å². The van der Waals surface area contributed by atoms with Crippen LogP contribution >= 0.6 is 23.4 Å². The molecule has 3 aromatic carbocycles. The Morgan fingerprint density at radius 1 is 0.929 bits per heavy atom. The average molecular weight is 406 g/mol. The van der Waals surface area contributed by atoms with E-state index in [0.29, 0.717) is 10.6 Å². The van der Waals surface area contributed by atoms with Gasteiger partial charge >= 0.3 is 0 Å². The zero-order valence-electron chi connectivity index (χ0n) is 14.5. The predicted octanol–water partition coefficient (Wildman–Crippen LogP) is 6.35. The van der Waals surface area contributed by atoms with Gasteiger partial charge in [-0.15, -0.1) is 0 Å². The summed E-state index contributed by atoms with van der Waals surface area (Å²) in [5, 5.41) is 14.4. The normalized spacial score (nSPS) is 10.6. The second-order valence-corrected chi connectivity index (χ2v) is 7.56. The Bertz CT molecular complexity index is 1140. The van der Waals surface area contributed by atoms with Crippen molar-refractivity contribution in [2.45, 2.75) is 9.79 Å². The molecule has 0 aliphatic heterocycles. The zero-order chi connectivity index (χ0) is 19.5. The molecule has 3 nitrogen and oxygen atoms in total. The minimum Gasteiger partial charge on any atom is -0.239 e. The number of halogens is 2. The highest BCUT2D eigenvalue weighted by molar-refractivity contribution is 7.99. The van der Waals surface area contributed by atoms with Gasteiger partial charge in [0.05, 0.1) is 22.2 Å². The first kappa shape index (κ1) is 18.3. The Hall–Kier alpha value is -3.07. The van der Waals surface area contributed by atoms with Gasteiger partial charge in [-0.25, -0.2) is 9.07 Å². The lowest BCUT2D eigenvalue weighted by Gasteiger charge is -2.03. The van der Waals surface area contributed by atoms with Gasteiger partial charge in [0.15, 0.2) is 0 Å². The van der Waals surface area contributed by atoms with Crippen molar-refractivity contribution < 1.29 is 4.39 Å². The number of rotatable bonds is 4. The molecular weight excluding hydrogens is 393 g/mol. The van der Waals surface area contributed by atoms with E-state index in [-0.39, 0.29) is 5.82 Å². The van der Waals surface area contributed by atoms with E-state index in [2.05, 4.69) is 6.07 Å². The van der Waals surface area contributed by atoms with Gasteiger partial charge in [-0.05, 0) is 60.7 Å². The molecule has 0 saturated carbocycles. The van der Waals surface area contributed by atoms with Crippen molar-refractivity contribution in [3.63, 3.8) is 0 Å². The summed E-state index contributed by atoms with van der Waals surface area (Å²) in [7, 11) is 0. The second-order valence-electron chi connectivity index (χ2n) is 6.01. The first-order valence-corrected chi connectivity index (χ1v) is 9.61. The first-order chi connectivity index (χ1) is 13.6. The van der Waals surface area contributed by atoms with Crippen molar-refractivity contribution >= 4 is 23.4 Å². The summed E-state index contributed by atoms with van der Waals surface area (Å²) in [4.78, 5) is 1.97. The van der Waals surface area contributed by atoms with E-state index in [1.54, 1.807) is 40.7 Å². The minimum atomic E-state index is -0.293. The van der Waals surface area contributed by atoms with Gasteiger partial charge in [-0.3, -0.25) is 0 Å². The Labute approximate surface area is 171 Å². The molecule has 136 valence electrons. The third kappa shape index (κ3) is 3.94. The van der Waals surface area contributed by atoms with Gasteiger partial charge in [-0.1, -0.05) is 35.5 Å². The number of hydrogen-bond donors (Lipinski definition) is 0. The lowest BCUT2D eigenvalue weighted by atomic mass is 10.1. The Morgan fingerprint density at radius 3 is 2.25 bits per heavy atom. The second kappa shape index (κ2) is 7.89. The van der Waals surface area contributed by atoms with Crippen LogP contribution in [0.1, 0.15) is 5.56 Å². The SMILES string of the molecule is N#Cc1ccc(-c2nn(-c3ccc(F)cc3)cc2Sc2ccc(Cl)cc2)cc1. The minimum absolute atomic E-state index is 0.293. The first-order valence-electron chi connectivity index (χ1n) is 8.42. The molecule has 28 heavy (non-hydrogen) atoms. The molecule has 0 atom stereocenters. The molecule has 4 rings (SSSR count). The predicted molar refractivity (Wildman–Crippen MR) is 109 cm³/mol. The Morgan fingerprint density at radius 2 is 1.61 bits per heavy atom. The molecule has 0 aliphatic carbocycles. The van der Waals surface area contributed by atoms with Gasteiger partial charge in [0.2, 0.25) is 0 Å². The maximum absolute atomic E-state index is 13.3. The third-order valence-corrected chi connectivity index (χ3v) is 5.38. The van der Waals surface area contributed by atoms with Gasteiger partial charge in [0.25, 0.3) is 0 Å². The molecule has 0 N–H and O–H groups in total. The lowest BCUT2D eigenvalue weighted by molar-refractivity contribution is 0.627. The van der Waals surface area contributed by atoms with Gasteiger partial charge in [0.1, 0.15) is 11.5 Å². The maximum Gasteiger partial charge on any atom is 0.123 e. The zero-order valence-corrected chi connectivity index (χ0v) is 16.1. The summed E-state index contributed by atoms with van der Waals surface area (Å²) >= 11 is 7.55. The van der Waals surface area contributed by atoms with E-state index in [1.807, 2.05) is 42.6 Å². The molecule has 0 amide bonds. The van der Waals surface area contributed by atoms with Crippen LogP contribution in [0, 0.1) is 17.1 Å². The van der Waals surface area contributed by atoms with Crippen LogP contribution in [0.25, 0.3) is 16.9 Å². The van der Waals surface area contributed by atoms with E-state index in [9.17, 15) is 4.39 Å². The summed E-state index contributed by atoms with van der Waals surface area (Å²) in [5.41, 5.74) is 3.04. The quantitative estimate of drug-likeness (QED) is 0.397. The van der Waals surface area contributed by atoms with Crippen molar-refractivity contribution in [2.75, 3.05) is 0 Å². The van der Waals surface area contributed by atoms with Crippen LogP contribution < -0.4 is 0 Å². The molecule has 0 spiro atoms. The number of nitriles is 1. The van der Waals surface area contributed by atoms with E-state index >= 15 is 0 Å². The average Bonchev–Trinajstić information content (AvgIpc) is 3.14. The van der Waals surface area contributed by atoms with E-state index in [0.717, 1.165) is 26.7 Å². The monoisotopic (exact) mass is 405 g/mol. The fourth-order valence-electron chi connectivity index (χ4n) is 2.69. The third-order valence-electron chi connectivity index (χ3n) is 4.10. The number of benzene rings is 3. The molecule has 4 aromatic rings. The number of aromatic nitrogens is 2. The fraction of sp³-hybridized carbons (Fsp3) is 0. The maximum atomic E-state index is 13.3. The molecular formula is C22H13ClFN3S. The topological polar surface area (TPSA) is 41.6 Å². The number of nitrogens with zero attached hydrogens (tertiary/aromatic N) is 3. The van der Waals surface area contributed by atoms with Crippen LogP contribution in [0.4, 0.5) is 4.39 Å². The fourth-order valence-corrected chi connectivity index (χ4v) is 3.75. The lowest BCUT2D eigenvalue weighted by Crippen LogP contribution is -1.94. The Balaban J connectivity index is 1.78. The van der Waals surface area contributed by atoms with Gasteiger partial charge in [-0.2, -0.15) is 10.4 Å². The van der Waals surface area contributed by atoms with Crippen molar-refractivity contribution in [2.24, 2.45) is 0 Å². The number of hydrogen-bond acceptors (Lipinski definition) is 3. The smallest absolute Gasteiger partial charge is 0.123 e. The molecule has 1 aromatic heterocycles. The summed E-state index contributed by atoms with van der Waals surface area (Å²) in [6.07, 6.45) is 1.92. The van der Waals surface area contributed by atoms with Crippen LogP contribution in [0.2, 0.25) is 5.02 Å². The molecule has 0 unspecified atom stereocenters. The molecule has 0 radical (unpaired) electrons. The largest absolute Gasteiger partial charge is 0.239 e. The van der Waals surface area contributed by atoms with Gasteiger partial charge < -0.3 is 0 Å².